The number of hydrogen-bond acceptors (Lipinski definition) is 5. The van der Waals surface area contributed by atoms with Gasteiger partial charge in [-0.3, -0.25) is 5.10 Å². The second kappa shape index (κ2) is 7.35. The highest BCUT2D eigenvalue weighted by Crippen LogP contribution is 2.31. The first-order valence-electron chi connectivity index (χ1n) is 7.27. The van der Waals surface area contributed by atoms with E-state index in [0.29, 0.717) is 27.9 Å². The van der Waals surface area contributed by atoms with Crippen molar-refractivity contribution in [3.05, 3.63) is 23.2 Å². The molecule has 1 aliphatic heterocycles. The first-order chi connectivity index (χ1) is 10.8. The number of ether oxygens (including phenoxy) is 2. The topological polar surface area (TPSA) is 60.0 Å². The van der Waals surface area contributed by atoms with E-state index < -0.39 is 0 Å². The zero-order valence-electron chi connectivity index (χ0n) is 12.3. The van der Waals surface area contributed by atoms with Crippen molar-refractivity contribution in [2.75, 3.05) is 19.5 Å². The van der Waals surface area contributed by atoms with E-state index in [-0.39, 0.29) is 0 Å². The molecule has 1 aliphatic rings. The Labute approximate surface area is 138 Å². The molecule has 2 aromatic rings. The highest BCUT2D eigenvalue weighted by molar-refractivity contribution is 7.99. The first-order valence-corrected chi connectivity index (χ1v) is 8.63. The van der Waals surface area contributed by atoms with Gasteiger partial charge in [0.1, 0.15) is 5.75 Å². The zero-order valence-corrected chi connectivity index (χ0v) is 13.9. The van der Waals surface area contributed by atoms with Crippen molar-refractivity contribution in [3.8, 4) is 17.1 Å². The van der Waals surface area contributed by atoms with Crippen molar-refractivity contribution in [1.82, 2.24) is 15.2 Å². The van der Waals surface area contributed by atoms with Crippen LogP contribution in [0.3, 0.4) is 0 Å². The minimum Gasteiger partial charge on any atom is -0.496 e. The molecule has 1 N–H and O–H groups in total. The maximum atomic E-state index is 6.05. The van der Waals surface area contributed by atoms with Gasteiger partial charge in [-0.1, -0.05) is 23.4 Å². The molecule has 5 nitrogen and oxygen atoms in total. The Balaban J connectivity index is 1.69. The lowest BCUT2D eigenvalue weighted by Crippen LogP contribution is -2.21. The van der Waals surface area contributed by atoms with E-state index in [4.69, 9.17) is 21.1 Å². The molecule has 1 saturated heterocycles. The van der Waals surface area contributed by atoms with Crippen LogP contribution in [0.5, 0.6) is 5.75 Å². The van der Waals surface area contributed by atoms with Crippen LogP contribution in [-0.2, 0) is 4.74 Å². The molecule has 0 saturated carbocycles. The summed E-state index contributed by atoms with van der Waals surface area (Å²) in [5, 5.41) is 8.56. The molecule has 0 bridgehead atoms. The third kappa shape index (κ3) is 3.74. The number of nitrogens with zero attached hydrogens (tertiary/aromatic N) is 2. The molecule has 1 unspecified atom stereocenters. The van der Waals surface area contributed by atoms with Crippen LogP contribution in [0.4, 0.5) is 0 Å². The van der Waals surface area contributed by atoms with Gasteiger partial charge in [-0.05, 0) is 37.5 Å². The van der Waals surface area contributed by atoms with Gasteiger partial charge in [0.15, 0.2) is 5.82 Å². The Bertz CT molecular complexity index is 629. The maximum Gasteiger partial charge on any atom is 0.208 e. The summed E-state index contributed by atoms with van der Waals surface area (Å²) in [6, 6.07) is 5.43. The SMILES string of the molecule is COc1ccc(Cl)cc1-c1nc(SCC2CCCCO2)n[nH]1. The third-order valence-corrected chi connectivity index (χ3v) is 4.77. The maximum absolute atomic E-state index is 6.05. The number of hydrogen-bond donors (Lipinski definition) is 1. The van der Waals surface area contributed by atoms with Crippen molar-refractivity contribution in [2.24, 2.45) is 0 Å². The minimum absolute atomic E-state index is 0.307. The zero-order chi connectivity index (χ0) is 15.4. The second-order valence-electron chi connectivity index (χ2n) is 5.11. The van der Waals surface area contributed by atoms with E-state index in [1.54, 1.807) is 24.9 Å². The number of rotatable bonds is 5. The molecule has 1 atom stereocenters. The lowest BCUT2D eigenvalue weighted by Gasteiger charge is -2.21. The van der Waals surface area contributed by atoms with Crippen LogP contribution in [0.15, 0.2) is 23.4 Å². The molecular weight excluding hydrogens is 322 g/mol. The van der Waals surface area contributed by atoms with Gasteiger partial charge in [0.2, 0.25) is 5.16 Å². The van der Waals surface area contributed by atoms with E-state index in [2.05, 4.69) is 15.2 Å². The summed E-state index contributed by atoms with van der Waals surface area (Å²) in [6.07, 6.45) is 3.83. The average Bonchev–Trinajstić information content (AvgIpc) is 3.03. The van der Waals surface area contributed by atoms with Crippen molar-refractivity contribution in [2.45, 2.75) is 30.5 Å². The third-order valence-electron chi connectivity index (χ3n) is 3.55. The van der Waals surface area contributed by atoms with Gasteiger partial charge in [-0.25, -0.2) is 4.98 Å². The number of H-pyrrole nitrogens is 1. The highest BCUT2D eigenvalue weighted by atomic mass is 35.5. The fourth-order valence-corrected chi connectivity index (χ4v) is 3.44. The van der Waals surface area contributed by atoms with Crippen LogP contribution in [-0.4, -0.2) is 40.8 Å². The van der Waals surface area contributed by atoms with E-state index >= 15 is 0 Å². The molecule has 118 valence electrons. The minimum atomic E-state index is 0.307. The van der Waals surface area contributed by atoms with Gasteiger partial charge in [0, 0.05) is 17.4 Å². The monoisotopic (exact) mass is 339 g/mol. The Hall–Kier alpha value is -1.24. The summed E-state index contributed by atoms with van der Waals surface area (Å²) in [5.41, 5.74) is 0.809. The molecular formula is C15H18ClN3O2S. The van der Waals surface area contributed by atoms with Crippen molar-refractivity contribution in [3.63, 3.8) is 0 Å². The summed E-state index contributed by atoms with van der Waals surface area (Å²) in [6.45, 7) is 0.865. The summed E-state index contributed by atoms with van der Waals surface area (Å²) in [4.78, 5) is 4.52. The molecule has 0 amide bonds. The second-order valence-corrected chi connectivity index (χ2v) is 6.53. The number of benzene rings is 1. The van der Waals surface area contributed by atoms with Crippen LogP contribution in [0, 0.1) is 0 Å². The van der Waals surface area contributed by atoms with E-state index in [1.165, 1.54) is 12.8 Å². The van der Waals surface area contributed by atoms with Gasteiger partial charge < -0.3 is 9.47 Å². The van der Waals surface area contributed by atoms with Gasteiger partial charge in [-0.2, -0.15) is 0 Å². The molecule has 0 spiro atoms. The fraction of sp³-hybridized carbons (Fsp3) is 0.467. The molecule has 2 heterocycles. The average molecular weight is 340 g/mol. The fourth-order valence-electron chi connectivity index (χ4n) is 2.40. The van der Waals surface area contributed by atoms with Crippen molar-refractivity contribution >= 4 is 23.4 Å². The van der Waals surface area contributed by atoms with Crippen LogP contribution in [0.1, 0.15) is 19.3 Å². The number of nitrogens with one attached hydrogen (secondary N) is 1. The standard InChI is InChI=1S/C15H18ClN3O2S/c1-20-13-6-5-10(16)8-12(13)14-17-15(19-18-14)22-9-11-4-2-3-7-21-11/h5-6,8,11H,2-4,7,9H2,1H3,(H,17,18,19). The summed E-state index contributed by atoms with van der Waals surface area (Å²) < 4.78 is 11.1. The van der Waals surface area contributed by atoms with Crippen molar-refractivity contribution in [1.29, 1.82) is 0 Å². The first kappa shape index (κ1) is 15.6. The Kier molecular flexibility index (Phi) is 5.23. The van der Waals surface area contributed by atoms with Gasteiger partial charge in [-0.15, -0.1) is 5.10 Å². The van der Waals surface area contributed by atoms with E-state index in [0.717, 1.165) is 24.3 Å². The number of halogens is 1. The van der Waals surface area contributed by atoms with Gasteiger partial charge in [0.25, 0.3) is 0 Å². The largest absolute Gasteiger partial charge is 0.496 e. The quantitative estimate of drug-likeness (QED) is 0.840. The Morgan fingerprint density at radius 1 is 1.45 bits per heavy atom. The van der Waals surface area contributed by atoms with E-state index in [9.17, 15) is 0 Å². The Morgan fingerprint density at radius 2 is 2.36 bits per heavy atom. The Morgan fingerprint density at radius 3 is 3.14 bits per heavy atom. The molecule has 7 heteroatoms. The van der Waals surface area contributed by atoms with Crippen LogP contribution in [0.2, 0.25) is 5.02 Å². The normalized spacial score (nSPS) is 18.4. The number of methoxy groups -OCH3 is 1. The summed E-state index contributed by atoms with van der Waals surface area (Å²) in [7, 11) is 1.62. The molecule has 22 heavy (non-hydrogen) atoms. The molecule has 1 aromatic heterocycles. The van der Waals surface area contributed by atoms with Crippen LogP contribution < -0.4 is 4.74 Å². The lowest BCUT2D eigenvalue weighted by atomic mass is 10.1. The number of aromatic nitrogens is 3. The highest BCUT2D eigenvalue weighted by Gasteiger charge is 2.16. The van der Waals surface area contributed by atoms with Gasteiger partial charge in [0.05, 0.1) is 18.8 Å². The molecule has 1 fully saturated rings. The molecule has 1 aromatic carbocycles. The van der Waals surface area contributed by atoms with Crippen LogP contribution >= 0.6 is 23.4 Å². The predicted octanol–water partition coefficient (Wildman–Crippen LogP) is 3.79. The van der Waals surface area contributed by atoms with Crippen molar-refractivity contribution < 1.29 is 9.47 Å². The van der Waals surface area contributed by atoms with E-state index in [1.807, 2.05) is 12.1 Å². The number of thioether (sulfide) groups is 1. The molecule has 0 radical (unpaired) electrons. The number of aromatic amines is 1. The smallest absolute Gasteiger partial charge is 0.208 e. The van der Waals surface area contributed by atoms with Gasteiger partial charge >= 0.3 is 0 Å². The van der Waals surface area contributed by atoms with Crippen LogP contribution in [0.25, 0.3) is 11.4 Å². The molecule has 0 aliphatic carbocycles. The lowest BCUT2D eigenvalue weighted by molar-refractivity contribution is 0.0315. The summed E-state index contributed by atoms with van der Waals surface area (Å²) >= 11 is 7.66. The molecule has 3 rings (SSSR count). The predicted molar refractivity (Wildman–Crippen MR) is 87.7 cm³/mol. The summed E-state index contributed by atoms with van der Waals surface area (Å²) in [5.74, 6) is 2.25.